The Kier molecular flexibility index (Phi) is 4.38. The van der Waals surface area contributed by atoms with Crippen LogP contribution in [0.5, 0.6) is 0 Å². The summed E-state index contributed by atoms with van der Waals surface area (Å²) in [4.78, 5) is 5.22. The highest BCUT2D eigenvalue weighted by molar-refractivity contribution is 5.10. The van der Waals surface area contributed by atoms with Gasteiger partial charge in [0.1, 0.15) is 0 Å². The van der Waals surface area contributed by atoms with E-state index in [2.05, 4.69) is 14.9 Å². The molecule has 0 radical (unpaired) electrons. The van der Waals surface area contributed by atoms with Gasteiger partial charge in [-0.1, -0.05) is 6.42 Å². The van der Waals surface area contributed by atoms with Crippen LogP contribution in [-0.4, -0.2) is 58.3 Å². The molecule has 1 aromatic rings. The summed E-state index contributed by atoms with van der Waals surface area (Å²) in [6.45, 7) is 5.93. The van der Waals surface area contributed by atoms with Gasteiger partial charge in [-0.2, -0.15) is 5.10 Å². The van der Waals surface area contributed by atoms with Crippen LogP contribution in [0, 0.1) is 0 Å². The minimum Gasteiger partial charge on any atom is -0.323 e. The van der Waals surface area contributed by atoms with Crippen molar-refractivity contribution in [3.05, 3.63) is 18.0 Å². The van der Waals surface area contributed by atoms with E-state index in [1.54, 1.807) is 0 Å². The first-order valence-corrected chi connectivity index (χ1v) is 7.93. The largest absolute Gasteiger partial charge is 0.323 e. The predicted octanol–water partition coefficient (Wildman–Crippen LogP) is 0.980. The molecule has 2 atom stereocenters. The molecular formula is C15H27N5. The van der Waals surface area contributed by atoms with Crippen LogP contribution in [0.3, 0.4) is 0 Å². The van der Waals surface area contributed by atoms with E-state index in [4.69, 9.17) is 5.73 Å². The standard InChI is InChI=1S/C15H27N5/c1-18-10-13(9-17-18)15(16)12-19-8-5-14(11-19)20-6-3-2-4-7-20/h9-10,14-15H,2-8,11-12,16H2,1H3. The molecule has 0 amide bonds. The molecule has 5 heteroatoms. The van der Waals surface area contributed by atoms with Crippen molar-refractivity contribution >= 4 is 0 Å². The third kappa shape index (κ3) is 3.22. The number of likely N-dealkylation sites (tertiary alicyclic amines) is 2. The molecule has 3 heterocycles. The number of aryl methyl sites for hydroxylation is 1. The molecule has 0 spiro atoms. The summed E-state index contributed by atoms with van der Waals surface area (Å²) >= 11 is 0. The van der Waals surface area contributed by atoms with Crippen LogP contribution in [0.2, 0.25) is 0 Å². The number of nitrogens with zero attached hydrogens (tertiary/aromatic N) is 4. The Hall–Kier alpha value is -0.910. The van der Waals surface area contributed by atoms with Crippen LogP contribution in [0.15, 0.2) is 12.4 Å². The first kappa shape index (κ1) is 14.0. The number of aromatic nitrogens is 2. The highest BCUT2D eigenvalue weighted by atomic mass is 15.3. The number of hydrogen-bond acceptors (Lipinski definition) is 4. The molecule has 5 nitrogen and oxygen atoms in total. The van der Waals surface area contributed by atoms with Gasteiger partial charge in [0, 0.05) is 44.0 Å². The van der Waals surface area contributed by atoms with Crippen molar-refractivity contribution in [2.45, 2.75) is 37.8 Å². The SMILES string of the molecule is Cn1cc(C(N)CN2CCC(N3CCCCC3)C2)cn1. The fourth-order valence-electron chi connectivity index (χ4n) is 3.57. The van der Waals surface area contributed by atoms with Crippen molar-refractivity contribution in [2.24, 2.45) is 12.8 Å². The van der Waals surface area contributed by atoms with Crippen LogP contribution < -0.4 is 5.73 Å². The second-order valence-corrected chi connectivity index (χ2v) is 6.35. The van der Waals surface area contributed by atoms with Crippen LogP contribution in [0.25, 0.3) is 0 Å². The molecule has 1 aromatic heterocycles. The highest BCUT2D eigenvalue weighted by Gasteiger charge is 2.29. The number of hydrogen-bond donors (Lipinski definition) is 1. The third-order valence-electron chi connectivity index (χ3n) is 4.76. The molecule has 0 saturated carbocycles. The van der Waals surface area contributed by atoms with Crippen molar-refractivity contribution in [3.8, 4) is 0 Å². The quantitative estimate of drug-likeness (QED) is 0.891. The summed E-state index contributed by atoms with van der Waals surface area (Å²) in [6.07, 6.45) is 9.40. The van der Waals surface area contributed by atoms with Gasteiger partial charge in [0.05, 0.1) is 6.20 Å². The van der Waals surface area contributed by atoms with Gasteiger partial charge in [-0.3, -0.25) is 14.5 Å². The van der Waals surface area contributed by atoms with E-state index in [9.17, 15) is 0 Å². The first-order valence-electron chi connectivity index (χ1n) is 7.93. The van der Waals surface area contributed by atoms with E-state index in [-0.39, 0.29) is 6.04 Å². The lowest BCUT2D eigenvalue weighted by Crippen LogP contribution is -2.41. The van der Waals surface area contributed by atoms with Gasteiger partial charge in [-0.05, 0) is 38.9 Å². The van der Waals surface area contributed by atoms with E-state index < -0.39 is 0 Å². The Morgan fingerprint density at radius 3 is 2.80 bits per heavy atom. The van der Waals surface area contributed by atoms with Crippen molar-refractivity contribution in [1.29, 1.82) is 0 Å². The van der Waals surface area contributed by atoms with Gasteiger partial charge < -0.3 is 5.73 Å². The Labute approximate surface area is 121 Å². The maximum Gasteiger partial charge on any atom is 0.0537 e. The lowest BCUT2D eigenvalue weighted by molar-refractivity contribution is 0.161. The minimum atomic E-state index is 0.0869. The van der Waals surface area contributed by atoms with Gasteiger partial charge >= 0.3 is 0 Å². The molecule has 2 N–H and O–H groups in total. The molecular weight excluding hydrogens is 250 g/mol. The summed E-state index contributed by atoms with van der Waals surface area (Å²) in [5, 5.41) is 4.21. The van der Waals surface area contributed by atoms with Gasteiger partial charge in [0.25, 0.3) is 0 Å². The lowest BCUT2D eigenvalue weighted by atomic mass is 10.1. The van der Waals surface area contributed by atoms with E-state index >= 15 is 0 Å². The molecule has 2 unspecified atom stereocenters. The molecule has 20 heavy (non-hydrogen) atoms. The second-order valence-electron chi connectivity index (χ2n) is 6.35. The van der Waals surface area contributed by atoms with Gasteiger partial charge in [0.15, 0.2) is 0 Å². The molecule has 0 aromatic carbocycles. The molecule has 2 aliphatic rings. The second kappa shape index (κ2) is 6.24. The Morgan fingerprint density at radius 1 is 1.30 bits per heavy atom. The summed E-state index contributed by atoms with van der Waals surface area (Å²) < 4.78 is 1.83. The lowest BCUT2D eigenvalue weighted by Gasteiger charge is -2.32. The van der Waals surface area contributed by atoms with E-state index in [0.717, 1.165) is 18.2 Å². The normalized spacial score (nSPS) is 27.0. The van der Waals surface area contributed by atoms with Crippen LogP contribution in [-0.2, 0) is 7.05 Å². The minimum absolute atomic E-state index is 0.0869. The monoisotopic (exact) mass is 277 g/mol. The molecule has 2 aliphatic heterocycles. The van der Waals surface area contributed by atoms with Gasteiger partial charge in [0.2, 0.25) is 0 Å². The van der Waals surface area contributed by atoms with Crippen LogP contribution >= 0.6 is 0 Å². The van der Waals surface area contributed by atoms with Crippen molar-refractivity contribution < 1.29 is 0 Å². The molecule has 0 bridgehead atoms. The Balaban J connectivity index is 1.49. The Morgan fingerprint density at radius 2 is 2.10 bits per heavy atom. The smallest absolute Gasteiger partial charge is 0.0537 e. The predicted molar refractivity (Wildman–Crippen MR) is 80.4 cm³/mol. The zero-order valence-corrected chi connectivity index (χ0v) is 12.5. The number of rotatable bonds is 4. The average molecular weight is 277 g/mol. The van der Waals surface area contributed by atoms with E-state index in [0.29, 0.717) is 0 Å². The zero-order chi connectivity index (χ0) is 13.9. The summed E-state index contributed by atoms with van der Waals surface area (Å²) in [5.74, 6) is 0. The zero-order valence-electron chi connectivity index (χ0n) is 12.5. The topological polar surface area (TPSA) is 50.3 Å². The summed E-state index contributed by atoms with van der Waals surface area (Å²) in [7, 11) is 1.94. The fourth-order valence-corrected chi connectivity index (χ4v) is 3.57. The number of nitrogens with two attached hydrogens (primary N) is 1. The molecule has 112 valence electrons. The van der Waals surface area contributed by atoms with Gasteiger partial charge in [-0.25, -0.2) is 0 Å². The molecule has 2 fully saturated rings. The van der Waals surface area contributed by atoms with Crippen molar-refractivity contribution in [2.75, 3.05) is 32.7 Å². The third-order valence-corrected chi connectivity index (χ3v) is 4.76. The van der Waals surface area contributed by atoms with Crippen molar-refractivity contribution in [1.82, 2.24) is 19.6 Å². The van der Waals surface area contributed by atoms with E-state index in [1.807, 2.05) is 24.1 Å². The average Bonchev–Trinajstić information content (AvgIpc) is 3.09. The highest BCUT2D eigenvalue weighted by Crippen LogP contribution is 2.21. The molecule has 2 saturated heterocycles. The maximum absolute atomic E-state index is 6.30. The van der Waals surface area contributed by atoms with Crippen LogP contribution in [0.1, 0.15) is 37.3 Å². The van der Waals surface area contributed by atoms with Crippen molar-refractivity contribution in [3.63, 3.8) is 0 Å². The maximum atomic E-state index is 6.30. The van der Waals surface area contributed by atoms with Crippen LogP contribution in [0.4, 0.5) is 0 Å². The van der Waals surface area contributed by atoms with E-state index in [1.165, 1.54) is 51.9 Å². The number of piperidine rings is 1. The summed E-state index contributed by atoms with van der Waals surface area (Å²) in [6, 6.07) is 0.847. The van der Waals surface area contributed by atoms with Gasteiger partial charge in [-0.15, -0.1) is 0 Å². The first-order chi connectivity index (χ1) is 9.72. The fraction of sp³-hybridized carbons (Fsp3) is 0.800. The Bertz CT molecular complexity index is 424. The summed E-state index contributed by atoms with van der Waals surface area (Å²) in [5.41, 5.74) is 7.45. The molecule has 0 aliphatic carbocycles. The molecule has 3 rings (SSSR count).